The van der Waals surface area contributed by atoms with Crippen molar-refractivity contribution in [2.75, 3.05) is 4.90 Å². The van der Waals surface area contributed by atoms with Crippen molar-refractivity contribution in [1.82, 2.24) is 4.98 Å². The van der Waals surface area contributed by atoms with Gasteiger partial charge in [-0.3, -0.25) is 4.98 Å². The van der Waals surface area contributed by atoms with E-state index in [4.69, 9.17) is 4.98 Å². The molecule has 0 N–H and O–H groups in total. The molecule has 0 saturated heterocycles. The summed E-state index contributed by atoms with van der Waals surface area (Å²) in [5, 5.41) is 0. The van der Waals surface area contributed by atoms with Crippen LogP contribution < -0.4 is 4.90 Å². The fraction of sp³-hybridized carbons (Fsp3) is 0.421. The zero-order valence-corrected chi connectivity index (χ0v) is 12.8. The van der Waals surface area contributed by atoms with Crippen molar-refractivity contribution in [2.24, 2.45) is 0 Å². The molecular weight excluding hydrogens is 256 g/mol. The van der Waals surface area contributed by atoms with E-state index in [0.29, 0.717) is 6.04 Å². The molecule has 0 bridgehead atoms. The normalized spacial score (nSPS) is 22.8. The Balaban J connectivity index is 1.93. The van der Waals surface area contributed by atoms with Gasteiger partial charge in [0.25, 0.3) is 0 Å². The zero-order chi connectivity index (χ0) is 14.4. The van der Waals surface area contributed by atoms with Crippen LogP contribution in [0.5, 0.6) is 0 Å². The van der Waals surface area contributed by atoms with Gasteiger partial charge >= 0.3 is 0 Å². The molecule has 1 aliphatic heterocycles. The van der Waals surface area contributed by atoms with E-state index in [-0.39, 0.29) is 5.54 Å². The molecule has 0 amide bonds. The Morgan fingerprint density at radius 1 is 1.10 bits per heavy atom. The standard InChI is InChI=1S/C19H22N2/c1-14-8-3-4-10-17(14)21-15(2)16-9-7-13-20-18(16)19(21)11-5-6-12-19/h3-4,7-10,13,15H,5-6,11-12H2,1-2H3. The van der Waals surface area contributed by atoms with Crippen molar-refractivity contribution >= 4 is 5.69 Å². The fourth-order valence-corrected chi connectivity index (χ4v) is 4.48. The van der Waals surface area contributed by atoms with E-state index >= 15 is 0 Å². The lowest BCUT2D eigenvalue weighted by atomic mass is 9.91. The SMILES string of the molecule is Cc1ccccc1N1C(C)c2cccnc2C12CCCC2. The van der Waals surface area contributed by atoms with Gasteiger partial charge in [-0.1, -0.05) is 37.1 Å². The molecule has 2 aromatic rings. The molecule has 1 aromatic carbocycles. The molecule has 2 heterocycles. The summed E-state index contributed by atoms with van der Waals surface area (Å²) in [6, 6.07) is 13.6. The van der Waals surface area contributed by atoms with Crippen LogP contribution in [0.1, 0.15) is 55.5 Å². The summed E-state index contributed by atoms with van der Waals surface area (Å²) in [7, 11) is 0. The Labute approximate surface area is 126 Å². The minimum absolute atomic E-state index is 0.127. The van der Waals surface area contributed by atoms with Gasteiger partial charge in [-0.15, -0.1) is 0 Å². The first-order valence-electron chi connectivity index (χ1n) is 8.04. The molecule has 1 aliphatic carbocycles. The van der Waals surface area contributed by atoms with Gasteiger partial charge in [0.15, 0.2) is 0 Å². The highest BCUT2D eigenvalue weighted by Crippen LogP contribution is 2.55. The van der Waals surface area contributed by atoms with Gasteiger partial charge < -0.3 is 4.90 Å². The molecule has 21 heavy (non-hydrogen) atoms. The summed E-state index contributed by atoms with van der Waals surface area (Å²) in [6.45, 7) is 4.56. The second-order valence-electron chi connectivity index (χ2n) is 6.51. The fourth-order valence-electron chi connectivity index (χ4n) is 4.48. The summed E-state index contributed by atoms with van der Waals surface area (Å²) in [5.41, 5.74) is 5.62. The number of pyridine rings is 1. The summed E-state index contributed by atoms with van der Waals surface area (Å²) in [5.74, 6) is 0. The van der Waals surface area contributed by atoms with E-state index in [1.54, 1.807) is 0 Å². The average molecular weight is 278 g/mol. The monoisotopic (exact) mass is 278 g/mol. The molecule has 2 aliphatic rings. The third-order valence-electron chi connectivity index (χ3n) is 5.38. The second kappa shape index (κ2) is 4.59. The van der Waals surface area contributed by atoms with Crippen molar-refractivity contribution in [3.8, 4) is 0 Å². The second-order valence-corrected chi connectivity index (χ2v) is 6.51. The number of aryl methyl sites for hydroxylation is 1. The molecule has 108 valence electrons. The van der Waals surface area contributed by atoms with Crippen molar-refractivity contribution in [1.29, 1.82) is 0 Å². The molecule has 1 fully saturated rings. The Hall–Kier alpha value is -1.83. The number of rotatable bonds is 1. The lowest BCUT2D eigenvalue weighted by Gasteiger charge is -2.40. The first-order valence-corrected chi connectivity index (χ1v) is 8.04. The predicted octanol–water partition coefficient (Wildman–Crippen LogP) is 4.74. The van der Waals surface area contributed by atoms with E-state index in [1.165, 1.54) is 48.2 Å². The number of nitrogens with zero attached hydrogens (tertiary/aromatic N) is 2. The topological polar surface area (TPSA) is 16.1 Å². The van der Waals surface area contributed by atoms with Crippen LogP contribution in [-0.4, -0.2) is 4.98 Å². The van der Waals surface area contributed by atoms with Crippen molar-refractivity contribution in [3.05, 3.63) is 59.4 Å². The van der Waals surface area contributed by atoms with Crippen molar-refractivity contribution < 1.29 is 0 Å². The molecule has 2 heteroatoms. The van der Waals surface area contributed by atoms with Crippen molar-refractivity contribution in [3.63, 3.8) is 0 Å². The Morgan fingerprint density at radius 3 is 2.62 bits per heavy atom. The number of hydrogen-bond donors (Lipinski definition) is 0. The highest BCUT2D eigenvalue weighted by Gasteiger charge is 2.51. The van der Waals surface area contributed by atoms with E-state index in [2.05, 4.69) is 55.1 Å². The van der Waals surface area contributed by atoms with Gasteiger partial charge in [-0.2, -0.15) is 0 Å². The number of benzene rings is 1. The Morgan fingerprint density at radius 2 is 1.86 bits per heavy atom. The Bertz CT molecular complexity index is 671. The molecule has 0 radical (unpaired) electrons. The first kappa shape index (κ1) is 12.9. The number of fused-ring (bicyclic) bond motifs is 2. The van der Waals surface area contributed by atoms with Crippen LogP contribution in [0, 0.1) is 6.92 Å². The number of hydrogen-bond acceptors (Lipinski definition) is 2. The molecular formula is C19H22N2. The highest BCUT2D eigenvalue weighted by atomic mass is 15.3. The maximum Gasteiger partial charge on any atom is 0.0833 e. The van der Waals surface area contributed by atoms with Crippen LogP contribution in [0.3, 0.4) is 0 Å². The van der Waals surface area contributed by atoms with E-state index in [1.807, 2.05) is 6.20 Å². The summed E-state index contributed by atoms with van der Waals surface area (Å²) < 4.78 is 0. The third kappa shape index (κ3) is 1.68. The van der Waals surface area contributed by atoms with Crippen LogP contribution in [0.15, 0.2) is 42.6 Å². The van der Waals surface area contributed by atoms with Gasteiger partial charge in [-0.25, -0.2) is 0 Å². The van der Waals surface area contributed by atoms with Gasteiger partial charge in [0, 0.05) is 11.9 Å². The van der Waals surface area contributed by atoms with Gasteiger partial charge in [-0.05, 0) is 49.9 Å². The predicted molar refractivity (Wildman–Crippen MR) is 86.5 cm³/mol. The molecule has 2 nitrogen and oxygen atoms in total. The molecule has 1 atom stereocenters. The summed E-state index contributed by atoms with van der Waals surface area (Å²) in [6.07, 6.45) is 7.05. The molecule has 1 saturated carbocycles. The minimum Gasteiger partial charge on any atom is -0.353 e. The summed E-state index contributed by atoms with van der Waals surface area (Å²) >= 11 is 0. The Kier molecular flexibility index (Phi) is 2.81. The quantitative estimate of drug-likeness (QED) is 0.749. The average Bonchev–Trinajstić information content (AvgIpc) is 3.07. The molecule has 1 unspecified atom stereocenters. The largest absolute Gasteiger partial charge is 0.353 e. The molecule has 1 spiro atoms. The van der Waals surface area contributed by atoms with E-state index in [9.17, 15) is 0 Å². The number of aromatic nitrogens is 1. The van der Waals surface area contributed by atoms with Gasteiger partial charge in [0.05, 0.1) is 17.3 Å². The summed E-state index contributed by atoms with van der Waals surface area (Å²) in [4.78, 5) is 7.47. The van der Waals surface area contributed by atoms with Gasteiger partial charge in [0.2, 0.25) is 0 Å². The zero-order valence-electron chi connectivity index (χ0n) is 12.8. The van der Waals surface area contributed by atoms with Crippen LogP contribution in [0.4, 0.5) is 5.69 Å². The van der Waals surface area contributed by atoms with Crippen LogP contribution in [0.25, 0.3) is 0 Å². The van der Waals surface area contributed by atoms with Crippen molar-refractivity contribution in [2.45, 2.75) is 51.1 Å². The van der Waals surface area contributed by atoms with Crippen LogP contribution >= 0.6 is 0 Å². The van der Waals surface area contributed by atoms with E-state index in [0.717, 1.165) is 0 Å². The molecule has 1 aromatic heterocycles. The lowest BCUT2D eigenvalue weighted by Crippen LogP contribution is -2.40. The maximum absolute atomic E-state index is 4.81. The van der Waals surface area contributed by atoms with E-state index < -0.39 is 0 Å². The number of anilines is 1. The van der Waals surface area contributed by atoms with Crippen LogP contribution in [0.2, 0.25) is 0 Å². The molecule has 4 rings (SSSR count). The first-order chi connectivity index (χ1) is 10.2. The maximum atomic E-state index is 4.81. The van der Waals surface area contributed by atoms with Gasteiger partial charge in [0.1, 0.15) is 0 Å². The highest BCUT2D eigenvalue weighted by molar-refractivity contribution is 5.62. The lowest BCUT2D eigenvalue weighted by molar-refractivity contribution is 0.407. The third-order valence-corrected chi connectivity index (χ3v) is 5.38. The van der Waals surface area contributed by atoms with Crippen LogP contribution in [-0.2, 0) is 5.54 Å². The number of para-hydroxylation sites is 1. The minimum atomic E-state index is 0.127. The smallest absolute Gasteiger partial charge is 0.0833 e.